The van der Waals surface area contributed by atoms with Gasteiger partial charge in [-0.3, -0.25) is 14.9 Å². The number of rotatable bonds is 7. The molecule has 0 unspecified atom stereocenters. The summed E-state index contributed by atoms with van der Waals surface area (Å²) in [6, 6.07) is 4.10. The van der Waals surface area contributed by atoms with Crippen molar-refractivity contribution in [2.45, 2.75) is 26.8 Å². The largest absolute Gasteiger partial charge is 0.497 e. The highest BCUT2D eigenvalue weighted by Gasteiger charge is 2.26. The van der Waals surface area contributed by atoms with Gasteiger partial charge in [0.15, 0.2) is 0 Å². The summed E-state index contributed by atoms with van der Waals surface area (Å²) in [6.45, 7) is 5.50. The summed E-state index contributed by atoms with van der Waals surface area (Å²) >= 11 is 1.27. The minimum atomic E-state index is -0.732. The van der Waals surface area contributed by atoms with E-state index in [1.807, 2.05) is 13.8 Å². The number of carbonyl (C=O) groups excluding carboxylic acids is 2. The van der Waals surface area contributed by atoms with Crippen molar-refractivity contribution in [1.82, 2.24) is 15.5 Å². The van der Waals surface area contributed by atoms with E-state index in [1.165, 1.54) is 25.6 Å². The summed E-state index contributed by atoms with van der Waals surface area (Å²) < 4.78 is 10.4. The molecule has 1 heterocycles. The molecule has 0 aliphatic heterocycles. The minimum absolute atomic E-state index is 0.125. The maximum atomic E-state index is 12.6. The zero-order valence-electron chi connectivity index (χ0n) is 15.3. The molecule has 1 aromatic carbocycles. The molecular formula is C17H22N4O4S. The predicted molar refractivity (Wildman–Crippen MR) is 98.9 cm³/mol. The molecule has 26 heavy (non-hydrogen) atoms. The molecular weight excluding hydrogens is 356 g/mol. The number of amides is 2. The second-order valence-electron chi connectivity index (χ2n) is 5.91. The van der Waals surface area contributed by atoms with Crippen LogP contribution < -0.4 is 20.1 Å². The van der Waals surface area contributed by atoms with Crippen molar-refractivity contribution in [3.63, 3.8) is 0 Å². The lowest BCUT2D eigenvalue weighted by Gasteiger charge is -2.21. The Balaban J connectivity index is 2.16. The molecule has 0 aliphatic carbocycles. The highest BCUT2D eigenvalue weighted by molar-refractivity contribution is 7.15. The van der Waals surface area contributed by atoms with Crippen molar-refractivity contribution < 1.29 is 19.1 Å². The van der Waals surface area contributed by atoms with Crippen LogP contribution >= 0.6 is 11.3 Å². The van der Waals surface area contributed by atoms with Crippen LogP contribution in [-0.2, 0) is 4.79 Å². The Bertz CT molecular complexity index is 769. The second-order valence-corrected chi connectivity index (χ2v) is 7.09. The van der Waals surface area contributed by atoms with Gasteiger partial charge in [-0.2, -0.15) is 0 Å². The predicted octanol–water partition coefficient (Wildman–Crippen LogP) is 2.26. The van der Waals surface area contributed by atoms with E-state index in [0.29, 0.717) is 22.2 Å². The van der Waals surface area contributed by atoms with Gasteiger partial charge in [0.2, 0.25) is 11.0 Å². The third-order valence-corrected chi connectivity index (χ3v) is 4.36. The molecule has 0 radical (unpaired) electrons. The average Bonchev–Trinajstić information content (AvgIpc) is 3.03. The van der Waals surface area contributed by atoms with Crippen molar-refractivity contribution in [3.8, 4) is 11.5 Å². The van der Waals surface area contributed by atoms with E-state index in [2.05, 4.69) is 20.8 Å². The van der Waals surface area contributed by atoms with Gasteiger partial charge in [-0.15, -0.1) is 10.2 Å². The van der Waals surface area contributed by atoms with Gasteiger partial charge >= 0.3 is 0 Å². The first-order valence-corrected chi connectivity index (χ1v) is 8.80. The molecule has 0 saturated heterocycles. The van der Waals surface area contributed by atoms with Gasteiger partial charge in [0.25, 0.3) is 5.91 Å². The molecule has 9 heteroatoms. The van der Waals surface area contributed by atoms with E-state index in [1.54, 1.807) is 25.1 Å². The molecule has 0 bridgehead atoms. The molecule has 1 atom stereocenters. The lowest BCUT2D eigenvalue weighted by atomic mass is 10.0. The summed E-state index contributed by atoms with van der Waals surface area (Å²) in [4.78, 5) is 25.2. The highest BCUT2D eigenvalue weighted by atomic mass is 32.1. The number of nitrogens with zero attached hydrogens (tertiary/aromatic N) is 2. The number of carbonyl (C=O) groups is 2. The van der Waals surface area contributed by atoms with Crippen molar-refractivity contribution in [1.29, 1.82) is 0 Å². The summed E-state index contributed by atoms with van der Waals surface area (Å²) in [5.41, 5.74) is 0.339. The Morgan fingerprint density at radius 1 is 1.08 bits per heavy atom. The van der Waals surface area contributed by atoms with Crippen LogP contribution in [0.2, 0.25) is 0 Å². The fourth-order valence-corrected chi connectivity index (χ4v) is 2.82. The number of methoxy groups -OCH3 is 2. The molecule has 0 saturated carbocycles. The molecule has 0 aliphatic rings. The lowest BCUT2D eigenvalue weighted by Crippen LogP contribution is -2.47. The van der Waals surface area contributed by atoms with Gasteiger partial charge < -0.3 is 14.8 Å². The van der Waals surface area contributed by atoms with Crippen LogP contribution in [0.15, 0.2) is 18.2 Å². The number of hydrogen-bond acceptors (Lipinski definition) is 7. The fraction of sp³-hybridized carbons (Fsp3) is 0.412. The third kappa shape index (κ3) is 4.92. The number of hydrogen-bond donors (Lipinski definition) is 2. The topological polar surface area (TPSA) is 102 Å². The Kier molecular flexibility index (Phi) is 6.51. The standard InChI is InChI=1S/C17H22N4O4S/c1-9(2)14(16(23)19-17-21-20-10(3)26-17)18-15(22)11-6-12(24-4)8-13(7-11)25-5/h6-9,14H,1-5H3,(H,18,22)(H,19,21,23)/t14-/m1/s1. The average molecular weight is 378 g/mol. The number of aromatic nitrogens is 2. The zero-order chi connectivity index (χ0) is 19.3. The van der Waals surface area contributed by atoms with Crippen molar-refractivity contribution >= 4 is 28.3 Å². The van der Waals surface area contributed by atoms with Crippen LogP contribution in [0.25, 0.3) is 0 Å². The molecule has 2 rings (SSSR count). The fourth-order valence-electron chi connectivity index (χ4n) is 2.23. The van der Waals surface area contributed by atoms with E-state index in [-0.39, 0.29) is 11.8 Å². The highest BCUT2D eigenvalue weighted by Crippen LogP contribution is 2.23. The maximum absolute atomic E-state index is 12.6. The first-order chi connectivity index (χ1) is 12.3. The Hall–Kier alpha value is -2.68. The van der Waals surface area contributed by atoms with Crippen LogP contribution in [0, 0.1) is 12.8 Å². The minimum Gasteiger partial charge on any atom is -0.497 e. The van der Waals surface area contributed by atoms with Gasteiger partial charge in [0, 0.05) is 11.6 Å². The van der Waals surface area contributed by atoms with Gasteiger partial charge in [-0.25, -0.2) is 0 Å². The van der Waals surface area contributed by atoms with Crippen molar-refractivity contribution in [2.24, 2.45) is 5.92 Å². The quantitative estimate of drug-likeness (QED) is 0.766. The van der Waals surface area contributed by atoms with E-state index in [9.17, 15) is 9.59 Å². The van der Waals surface area contributed by atoms with Gasteiger partial charge in [0.05, 0.1) is 14.2 Å². The normalized spacial score (nSPS) is 11.8. The molecule has 0 fully saturated rings. The molecule has 1 aromatic heterocycles. The van der Waals surface area contributed by atoms with Crippen LogP contribution in [-0.4, -0.2) is 42.3 Å². The van der Waals surface area contributed by atoms with E-state index >= 15 is 0 Å². The summed E-state index contributed by atoms with van der Waals surface area (Å²) in [5, 5.41) is 14.3. The first-order valence-electron chi connectivity index (χ1n) is 7.99. The number of nitrogens with one attached hydrogen (secondary N) is 2. The summed E-state index contributed by atoms with van der Waals surface area (Å²) in [5.74, 6) is 0.109. The first kappa shape index (κ1) is 19.6. The molecule has 2 amide bonds. The second kappa shape index (κ2) is 8.61. The monoisotopic (exact) mass is 378 g/mol. The molecule has 2 aromatic rings. The van der Waals surface area contributed by atoms with Crippen LogP contribution in [0.5, 0.6) is 11.5 Å². The number of benzene rings is 1. The van der Waals surface area contributed by atoms with Crippen LogP contribution in [0.4, 0.5) is 5.13 Å². The summed E-state index contributed by atoms with van der Waals surface area (Å²) in [6.07, 6.45) is 0. The number of anilines is 1. The van der Waals surface area contributed by atoms with E-state index in [4.69, 9.17) is 9.47 Å². The third-order valence-electron chi connectivity index (χ3n) is 3.61. The lowest BCUT2D eigenvalue weighted by molar-refractivity contribution is -0.118. The summed E-state index contributed by atoms with van der Waals surface area (Å²) in [7, 11) is 3.01. The van der Waals surface area contributed by atoms with Crippen molar-refractivity contribution in [3.05, 3.63) is 28.8 Å². The Morgan fingerprint density at radius 2 is 1.69 bits per heavy atom. The number of ether oxygens (including phenoxy) is 2. The van der Waals surface area contributed by atoms with E-state index < -0.39 is 11.9 Å². The molecule has 2 N–H and O–H groups in total. The van der Waals surface area contributed by atoms with Crippen LogP contribution in [0.3, 0.4) is 0 Å². The smallest absolute Gasteiger partial charge is 0.252 e. The van der Waals surface area contributed by atoms with Crippen LogP contribution in [0.1, 0.15) is 29.2 Å². The zero-order valence-corrected chi connectivity index (χ0v) is 16.1. The molecule has 8 nitrogen and oxygen atoms in total. The SMILES string of the molecule is COc1cc(OC)cc(C(=O)N[C@@H](C(=O)Nc2nnc(C)s2)C(C)C)c1. The van der Waals surface area contributed by atoms with Gasteiger partial charge in [-0.1, -0.05) is 25.2 Å². The Morgan fingerprint density at radius 3 is 2.15 bits per heavy atom. The maximum Gasteiger partial charge on any atom is 0.252 e. The van der Waals surface area contributed by atoms with Gasteiger partial charge in [-0.05, 0) is 25.0 Å². The van der Waals surface area contributed by atoms with Crippen molar-refractivity contribution in [2.75, 3.05) is 19.5 Å². The molecule has 0 spiro atoms. The Labute approximate surface area is 155 Å². The molecule has 140 valence electrons. The number of aryl methyl sites for hydroxylation is 1. The van der Waals surface area contributed by atoms with Gasteiger partial charge in [0.1, 0.15) is 22.5 Å². The van der Waals surface area contributed by atoms with E-state index in [0.717, 1.165) is 5.01 Å².